The lowest BCUT2D eigenvalue weighted by Gasteiger charge is -2.38. The first-order chi connectivity index (χ1) is 8.63. The molecule has 2 rings (SSSR count). The summed E-state index contributed by atoms with van der Waals surface area (Å²) >= 11 is 0. The van der Waals surface area contributed by atoms with E-state index in [2.05, 4.69) is 16.8 Å². The van der Waals surface area contributed by atoms with Crippen LogP contribution in [0.2, 0.25) is 0 Å². The van der Waals surface area contributed by atoms with E-state index in [-0.39, 0.29) is 18.8 Å². The molecule has 1 aliphatic heterocycles. The lowest BCUT2D eigenvalue weighted by molar-refractivity contribution is -0.0105. The third kappa shape index (κ3) is 2.80. The SMILES string of the molecule is Cc1cc(CN)cc(N2CC(CO)OCC2C)n1. The molecule has 0 spiro atoms. The molecule has 1 aromatic heterocycles. The van der Waals surface area contributed by atoms with Gasteiger partial charge in [0.1, 0.15) is 5.82 Å². The average Bonchev–Trinajstić information content (AvgIpc) is 2.38. The van der Waals surface area contributed by atoms with E-state index in [1.807, 2.05) is 19.1 Å². The van der Waals surface area contributed by atoms with Gasteiger partial charge in [0.15, 0.2) is 0 Å². The molecule has 1 saturated heterocycles. The van der Waals surface area contributed by atoms with Crippen molar-refractivity contribution in [3.63, 3.8) is 0 Å². The maximum absolute atomic E-state index is 9.21. The van der Waals surface area contributed by atoms with Gasteiger partial charge < -0.3 is 20.5 Å². The Labute approximate surface area is 108 Å². The minimum absolute atomic E-state index is 0.0405. The molecule has 1 fully saturated rings. The number of morpholine rings is 1. The van der Waals surface area contributed by atoms with Gasteiger partial charge in [-0.3, -0.25) is 0 Å². The van der Waals surface area contributed by atoms with E-state index in [1.54, 1.807) is 0 Å². The van der Waals surface area contributed by atoms with Crippen molar-refractivity contribution in [1.29, 1.82) is 0 Å². The Hall–Kier alpha value is -1.17. The lowest BCUT2D eigenvalue weighted by atomic mass is 10.1. The van der Waals surface area contributed by atoms with Crippen LogP contribution in [0.3, 0.4) is 0 Å². The monoisotopic (exact) mass is 251 g/mol. The molecule has 0 radical (unpaired) electrons. The second kappa shape index (κ2) is 5.65. The summed E-state index contributed by atoms with van der Waals surface area (Å²) < 4.78 is 5.53. The first-order valence-electron chi connectivity index (χ1n) is 6.30. The summed E-state index contributed by atoms with van der Waals surface area (Å²) in [7, 11) is 0. The molecule has 1 aliphatic rings. The second-order valence-electron chi connectivity index (χ2n) is 4.82. The van der Waals surface area contributed by atoms with Gasteiger partial charge in [-0.15, -0.1) is 0 Å². The van der Waals surface area contributed by atoms with E-state index in [4.69, 9.17) is 10.5 Å². The lowest BCUT2D eigenvalue weighted by Crippen LogP contribution is -2.50. The first kappa shape index (κ1) is 13.3. The van der Waals surface area contributed by atoms with Crippen LogP contribution in [0, 0.1) is 6.92 Å². The Morgan fingerprint density at radius 2 is 2.33 bits per heavy atom. The number of ether oxygens (including phenoxy) is 1. The molecule has 18 heavy (non-hydrogen) atoms. The van der Waals surface area contributed by atoms with E-state index in [0.717, 1.165) is 17.1 Å². The number of anilines is 1. The summed E-state index contributed by atoms with van der Waals surface area (Å²) in [4.78, 5) is 6.73. The largest absolute Gasteiger partial charge is 0.394 e. The summed E-state index contributed by atoms with van der Waals surface area (Å²) in [5, 5.41) is 9.21. The summed E-state index contributed by atoms with van der Waals surface area (Å²) in [5.74, 6) is 0.921. The molecule has 2 atom stereocenters. The van der Waals surface area contributed by atoms with E-state index >= 15 is 0 Å². The van der Waals surface area contributed by atoms with Crippen molar-refractivity contribution in [2.24, 2.45) is 5.73 Å². The van der Waals surface area contributed by atoms with Crippen LogP contribution in [0.5, 0.6) is 0 Å². The summed E-state index contributed by atoms with van der Waals surface area (Å²) in [5.41, 5.74) is 7.74. The normalized spacial score (nSPS) is 24.3. The van der Waals surface area contributed by atoms with Gasteiger partial charge in [-0.2, -0.15) is 0 Å². The molecular weight excluding hydrogens is 230 g/mol. The van der Waals surface area contributed by atoms with Crippen LogP contribution in [0.15, 0.2) is 12.1 Å². The van der Waals surface area contributed by atoms with Crippen LogP contribution in [0.4, 0.5) is 5.82 Å². The molecule has 0 amide bonds. The maximum Gasteiger partial charge on any atom is 0.129 e. The third-order valence-corrected chi connectivity index (χ3v) is 3.24. The highest BCUT2D eigenvalue weighted by molar-refractivity contribution is 5.44. The topological polar surface area (TPSA) is 71.6 Å². The number of rotatable bonds is 3. The molecule has 0 aromatic carbocycles. The van der Waals surface area contributed by atoms with Gasteiger partial charge in [-0.25, -0.2) is 4.98 Å². The van der Waals surface area contributed by atoms with Crippen LogP contribution >= 0.6 is 0 Å². The molecule has 3 N–H and O–H groups in total. The van der Waals surface area contributed by atoms with Crippen LogP contribution in [-0.4, -0.2) is 42.0 Å². The maximum atomic E-state index is 9.21. The molecule has 0 saturated carbocycles. The second-order valence-corrected chi connectivity index (χ2v) is 4.82. The molecule has 0 bridgehead atoms. The standard InChI is InChI=1S/C13H21N3O2/c1-9-3-11(5-14)4-13(15-9)16-6-12(7-17)18-8-10(16)2/h3-4,10,12,17H,5-8,14H2,1-2H3. The molecule has 100 valence electrons. The predicted molar refractivity (Wildman–Crippen MR) is 70.5 cm³/mol. The van der Waals surface area contributed by atoms with Gasteiger partial charge in [-0.1, -0.05) is 0 Å². The van der Waals surface area contributed by atoms with Crippen LogP contribution < -0.4 is 10.6 Å². The summed E-state index contributed by atoms with van der Waals surface area (Å²) in [6, 6.07) is 4.27. The number of aliphatic hydroxyl groups is 1. The van der Waals surface area contributed by atoms with Crippen molar-refractivity contribution < 1.29 is 9.84 Å². The Balaban J connectivity index is 2.25. The van der Waals surface area contributed by atoms with E-state index < -0.39 is 0 Å². The summed E-state index contributed by atoms with van der Waals surface area (Å²) in [6.45, 7) is 5.89. The minimum Gasteiger partial charge on any atom is -0.394 e. The fraction of sp³-hybridized carbons (Fsp3) is 0.615. The Kier molecular flexibility index (Phi) is 4.16. The van der Waals surface area contributed by atoms with E-state index in [9.17, 15) is 5.11 Å². The van der Waals surface area contributed by atoms with Gasteiger partial charge in [0.05, 0.1) is 25.4 Å². The molecule has 0 aliphatic carbocycles. The van der Waals surface area contributed by atoms with Crippen molar-refractivity contribution >= 4 is 5.82 Å². The van der Waals surface area contributed by atoms with Crippen molar-refractivity contribution in [2.75, 3.05) is 24.7 Å². The number of nitrogens with two attached hydrogens (primary N) is 1. The number of aromatic nitrogens is 1. The van der Waals surface area contributed by atoms with Gasteiger partial charge in [0.2, 0.25) is 0 Å². The third-order valence-electron chi connectivity index (χ3n) is 3.24. The Bertz CT molecular complexity index is 411. The number of hydrogen-bond donors (Lipinski definition) is 2. The van der Waals surface area contributed by atoms with Crippen molar-refractivity contribution in [3.05, 3.63) is 23.4 Å². The highest BCUT2D eigenvalue weighted by Crippen LogP contribution is 2.21. The molecule has 2 unspecified atom stereocenters. The van der Waals surface area contributed by atoms with E-state index in [0.29, 0.717) is 19.7 Å². The predicted octanol–water partition coefficient (Wildman–Crippen LogP) is 0.435. The van der Waals surface area contributed by atoms with Gasteiger partial charge in [-0.05, 0) is 31.5 Å². The van der Waals surface area contributed by atoms with Crippen LogP contribution in [0.25, 0.3) is 0 Å². The van der Waals surface area contributed by atoms with Crippen LogP contribution in [-0.2, 0) is 11.3 Å². The first-order valence-corrected chi connectivity index (χ1v) is 6.30. The zero-order valence-electron chi connectivity index (χ0n) is 11.0. The summed E-state index contributed by atoms with van der Waals surface area (Å²) in [6.07, 6.45) is -0.134. The van der Waals surface area contributed by atoms with Gasteiger partial charge in [0, 0.05) is 18.8 Å². The number of aryl methyl sites for hydroxylation is 1. The number of aliphatic hydroxyl groups excluding tert-OH is 1. The van der Waals surface area contributed by atoms with Crippen molar-refractivity contribution in [2.45, 2.75) is 32.5 Å². The van der Waals surface area contributed by atoms with Crippen molar-refractivity contribution in [1.82, 2.24) is 4.98 Å². The number of nitrogens with zero attached hydrogens (tertiary/aromatic N) is 2. The highest BCUT2D eigenvalue weighted by Gasteiger charge is 2.26. The highest BCUT2D eigenvalue weighted by atomic mass is 16.5. The fourth-order valence-corrected chi connectivity index (χ4v) is 2.23. The molecule has 2 heterocycles. The average molecular weight is 251 g/mol. The van der Waals surface area contributed by atoms with Gasteiger partial charge >= 0.3 is 0 Å². The fourth-order valence-electron chi connectivity index (χ4n) is 2.23. The molecule has 5 nitrogen and oxygen atoms in total. The Morgan fingerprint density at radius 1 is 1.56 bits per heavy atom. The van der Waals surface area contributed by atoms with Gasteiger partial charge in [0.25, 0.3) is 0 Å². The quantitative estimate of drug-likeness (QED) is 0.815. The molecule has 1 aromatic rings. The Morgan fingerprint density at radius 3 is 3.00 bits per heavy atom. The number of hydrogen-bond acceptors (Lipinski definition) is 5. The molecular formula is C13H21N3O2. The zero-order valence-corrected chi connectivity index (χ0v) is 11.0. The number of pyridine rings is 1. The van der Waals surface area contributed by atoms with Crippen LogP contribution in [0.1, 0.15) is 18.2 Å². The van der Waals surface area contributed by atoms with Crippen molar-refractivity contribution in [3.8, 4) is 0 Å². The zero-order chi connectivity index (χ0) is 13.1. The minimum atomic E-state index is -0.134. The molecule has 5 heteroatoms. The van der Waals surface area contributed by atoms with E-state index in [1.165, 1.54) is 0 Å². The smallest absolute Gasteiger partial charge is 0.129 e.